The smallest absolute Gasteiger partial charge is 0.124 e. The van der Waals surface area contributed by atoms with E-state index in [1.54, 1.807) is 0 Å². The van der Waals surface area contributed by atoms with Crippen molar-refractivity contribution in [2.75, 3.05) is 0 Å². The molecule has 0 N–H and O–H groups in total. The number of hydrogen-bond donors (Lipinski definition) is 0. The zero-order valence-electron chi connectivity index (χ0n) is 9.84. The number of nitriles is 1. The monoisotopic (exact) mass is 295 g/mol. The summed E-state index contributed by atoms with van der Waals surface area (Å²) in [6, 6.07) is 7.34. The standard InChI is InChI=1S/C14H15BrFN/c1-10-2-3-14(7-10,9-17)8-11-4-12(15)6-13(16)5-11/h4-6,10H,2-3,7-8H2,1H3. The first-order valence-corrected chi connectivity index (χ1v) is 6.68. The maximum atomic E-state index is 13.3. The van der Waals surface area contributed by atoms with Crippen molar-refractivity contribution in [3.05, 3.63) is 34.1 Å². The van der Waals surface area contributed by atoms with E-state index in [2.05, 4.69) is 28.9 Å². The molecule has 1 aliphatic rings. The first-order chi connectivity index (χ1) is 8.03. The number of rotatable bonds is 2. The van der Waals surface area contributed by atoms with Gasteiger partial charge in [0.2, 0.25) is 0 Å². The van der Waals surface area contributed by atoms with Gasteiger partial charge in [-0.2, -0.15) is 5.26 Å². The van der Waals surface area contributed by atoms with Crippen molar-refractivity contribution < 1.29 is 4.39 Å². The molecule has 0 amide bonds. The molecule has 2 rings (SSSR count). The minimum atomic E-state index is -0.285. The van der Waals surface area contributed by atoms with Crippen LogP contribution in [-0.4, -0.2) is 0 Å². The second-order valence-electron chi connectivity index (χ2n) is 5.19. The van der Waals surface area contributed by atoms with Gasteiger partial charge in [-0.05, 0) is 55.4 Å². The first kappa shape index (κ1) is 12.6. The SMILES string of the molecule is CC1CCC(C#N)(Cc2cc(F)cc(Br)c2)C1. The van der Waals surface area contributed by atoms with Crippen molar-refractivity contribution in [1.29, 1.82) is 5.26 Å². The van der Waals surface area contributed by atoms with E-state index in [-0.39, 0.29) is 11.2 Å². The Bertz CT molecular complexity index is 446. The molecule has 0 heterocycles. The molecule has 3 heteroatoms. The van der Waals surface area contributed by atoms with Gasteiger partial charge >= 0.3 is 0 Å². The van der Waals surface area contributed by atoms with Crippen LogP contribution in [0.1, 0.15) is 31.7 Å². The van der Waals surface area contributed by atoms with Crippen LogP contribution < -0.4 is 0 Å². The van der Waals surface area contributed by atoms with Gasteiger partial charge < -0.3 is 0 Å². The van der Waals surface area contributed by atoms with Crippen LogP contribution in [-0.2, 0) is 6.42 Å². The summed E-state index contributed by atoms with van der Waals surface area (Å²) in [6.45, 7) is 2.18. The van der Waals surface area contributed by atoms with Crippen LogP contribution in [0.25, 0.3) is 0 Å². The van der Waals surface area contributed by atoms with Crippen LogP contribution in [0.3, 0.4) is 0 Å². The minimum Gasteiger partial charge on any atom is -0.207 e. The lowest BCUT2D eigenvalue weighted by Gasteiger charge is -2.20. The van der Waals surface area contributed by atoms with Crippen LogP contribution in [0, 0.1) is 28.5 Å². The van der Waals surface area contributed by atoms with E-state index in [1.807, 2.05) is 6.07 Å². The molecule has 0 bridgehead atoms. The highest BCUT2D eigenvalue weighted by Crippen LogP contribution is 2.43. The van der Waals surface area contributed by atoms with Crippen molar-refractivity contribution >= 4 is 15.9 Å². The topological polar surface area (TPSA) is 23.8 Å². The molecule has 0 aliphatic heterocycles. The Morgan fingerprint density at radius 1 is 1.53 bits per heavy atom. The average molecular weight is 296 g/mol. The Balaban J connectivity index is 2.22. The van der Waals surface area contributed by atoms with Gasteiger partial charge in [-0.25, -0.2) is 4.39 Å². The van der Waals surface area contributed by atoms with E-state index in [9.17, 15) is 9.65 Å². The summed E-state index contributed by atoms with van der Waals surface area (Å²) < 4.78 is 14.0. The molecule has 2 atom stereocenters. The molecule has 1 nitrogen and oxygen atoms in total. The number of halogens is 2. The lowest BCUT2D eigenvalue weighted by atomic mass is 9.81. The minimum absolute atomic E-state index is 0.242. The fourth-order valence-electron chi connectivity index (χ4n) is 2.80. The molecule has 2 unspecified atom stereocenters. The molecule has 1 aromatic carbocycles. The Morgan fingerprint density at radius 3 is 2.82 bits per heavy atom. The maximum absolute atomic E-state index is 13.3. The average Bonchev–Trinajstić information content (AvgIpc) is 2.59. The largest absolute Gasteiger partial charge is 0.207 e. The predicted molar refractivity (Wildman–Crippen MR) is 68.9 cm³/mol. The molecular weight excluding hydrogens is 281 g/mol. The van der Waals surface area contributed by atoms with Gasteiger partial charge in [0, 0.05) is 4.47 Å². The third-order valence-corrected chi connectivity index (χ3v) is 4.01. The normalized spacial score (nSPS) is 28.0. The summed E-state index contributed by atoms with van der Waals surface area (Å²) in [7, 11) is 0. The molecule has 0 radical (unpaired) electrons. The fourth-order valence-corrected chi connectivity index (χ4v) is 3.31. The van der Waals surface area contributed by atoms with Gasteiger partial charge in [0.25, 0.3) is 0 Å². The highest BCUT2D eigenvalue weighted by atomic mass is 79.9. The van der Waals surface area contributed by atoms with Gasteiger partial charge in [-0.1, -0.05) is 22.9 Å². The Kier molecular flexibility index (Phi) is 3.53. The Hall–Kier alpha value is -0.880. The van der Waals surface area contributed by atoms with Crippen molar-refractivity contribution in [3.8, 4) is 6.07 Å². The second kappa shape index (κ2) is 4.78. The van der Waals surface area contributed by atoms with Crippen LogP contribution in [0.15, 0.2) is 22.7 Å². The Morgan fingerprint density at radius 2 is 2.29 bits per heavy atom. The first-order valence-electron chi connectivity index (χ1n) is 5.89. The van der Waals surface area contributed by atoms with Crippen molar-refractivity contribution in [1.82, 2.24) is 0 Å². The Labute approximate surface area is 110 Å². The van der Waals surface area contributed by atoms with Crippen molar-refractivity contribution in [2.45, 2.75) is 32.6 Å². The summed E-state index contributed by atoms with van der Waals surface area (Å²) in [5, 5.41) is 9.38. The van der Waals surface area contributed by atoms with E-state index in [4.69, 9.17) is 0 Å². The molecule has 0 saturated heterocycles. The van der Waals surface area contributed by atoms with E-state index >= 15 is 0 Å². The van der Waals surface area contributed by atoms with Crippen LogP contribution >= 0.6 is 15.9 Å². The van der Waals surface area contributed by atoms with Crippen LogP contribution in [0.5, 0.6) is 0 Å². The summed E-state index contributed by atoms with van der Waals surface area (Å²) in [6.07, 6.45) is 3.62. The van der Waals surface area contributed by atoms with E-state index in [0.29, 0.717) is 12.3 Å². The molecule has 90 valence electrons. The lowest BCUT2D eigenvalue weighted by Crippen LogP contribution is -2.17. The van der Waals surface area contributed by atoms with Crippen molar-refractivity contribution in [3.63, 3.8) is 0 Å². The summed E-state index contributed by atoms with van der Waals surface area (Å²) in [4.78, 5) is 0. The fraction of sp³-hybridized carbons (Fsp3) is 0.500. The zero-order chi connectivity index (χ0) is 12.5. The molecular formula is C14H15BrFN. The molecule has 1 aliphatic carbocycles. The lowest BCUT2D eigenvalue weighted by molar-refractivity contribution is 0.390. The van der Waals surface area contributed by atoms with Gasteiger partial charge in [0.1, 0.15) is 5.82 Å². The quantitative estimate of drug-likeness (QED) is 0.790. The number of benzene rings is 1. The molecule has 0 spiro atoms. The molecule has 1 saturated carbocycles. The van der Waals surface area contributed by atoms with E-state index in [1.165, 1.54) is 12.1 Å². The van der Waals surface area contributed by atoms with Gasteiger partial charge in [-0.3, -0.25) is 0 Å². The summed E-state index contributed by atoms with van der Waals surface area (Å²) in [5.74, 6) is 0.361. The molecule has 1 aromatic rings. The van der Waals surface area contributed by atoms with E-state index in [0.717, 1.165) is 29.3 Å². The summed E-state index contributed by atoms with van der Waals surface area (Å²) in [5.41, 5.74) is 0.625. The second-order valence-corrected chi connectivity index (χ2v) is 6.11. The van der Waals surface area contributed by atoms with Crippen LogP contribution in [0.4, 0.5) is 4.39 Å². The molecule has 17 heavy (non-hydrogen) atoms. The van der Waals surface area contributed by atoms with Gasteiger partial charge in [0.15, 0.2) is 0 Å². The molecule has 0 aromatic heterocycles. The zero-order valence-corrected chi connectivity index (χ0v) is 11.4. The highest BCUT2D eigenvalue weighted by Gasteiger charge is 2.37. The van der Waals surface area contributed by atoms with E-state index < -0.39 is 0 Å². The molecule has 1 fully saturated rings. The third-order valence-electron chi connectivity index (χ3n) is 3.56. The highest BCUT2D eigenvalue weighted by molar-refractivity contribution is 9.10. The summed E-state index contributed by atoms with van der Waals surface area (Å²) >= 11 is 3.29. The number of nitrogens with zero attached hydrogens (tertiary/aromatic N) is 1. The number of hydrogen-bond acceptors (Lipinski definition) is 1. The third kappa shape index (κ3) is 2.87. The predicted octanol–water partition coefficient (Wildman–Crippen LogP) is 4.46. The van der Waals surface area contributed by atoms with Crippen molar-refractivity contribution in [2.24, 2.45) is 11.3 Å². The van der Waals surface area contributed by atoms with Gasteiger partial charge in [0.05, 0.1) is 11.5 Å². The van der Waals surface area contributed by atoms with Crippen LogP contribution in [0.2, 0.25) is 0 Å². The maximum Gasteiger partial charge on any atom is 0.124 e. The van der Waals surface area contributed by atoms with Gasteiger partial charge in [-0.15, -0.1) is 0 Å².